The summed E-state index contributed by atoms with van der Waals surface area (Å²) in [5, 5.41) is 13.0. The predicted octanol–water partition coefficient (Wildman–Crippen LogP) is 1.33. The summed E-state index contributed by atoms with van der Waals surface area (Å²) < 4.78 is 18.4. The van der Waals surface area contributed by atoms with E-state index in [4.69, 9.17) is 16.3 Å². The van der Waals surface area contributed by atoms with Crippen molar-refractivity contribution in [3.63, 3.8) is 0 Å². The number of halogens is 2. The zero-order valence-electron chi connectivity index (χ0n) is 8.62. The molecule has 0 aromatic heterocycles. The van der Waals surface area contributed by atoms with Crippen LogP contribution >= 0.6 is 11.6 Å². The second-order valence-corrected chi connectivity index (χ2v) is 4.26. The minimum absolute atomic E-state index is 0.140. The lowest BCUT2D eigenvalue weighted by Crippen LogP contribution is -2.38. The highest BCUT2D eigenvalue weighted by Crippen LogP contribution is 2.15. The van der Waals surface area contributed by atoms with Gasteiger partial charge in [0.2, 0.25) is 0 Å². The maximum Gasteiger partial charge on any atom is 0.127 e. The number of hydrogen-bond acceptors (Lipinski definition) is 3. The van der Waals surface area contributed by atoms with Gasteiger partial charge in [0.05, 0.1) is 25.4 Å². The molecule has 1 saturated heterocycles. The van der Waals surface area contributed by atoms with Gasteiger partial charge >= 0.3 is 0 Å². The Hall–Kier alpha value is -0.680. The molecule has 88 valence electrons. The van der Waals surface area contributed by atoms with Gasteiger partial charge in [-0.05, 0) is 18.2 Å². The Morgan fingerprint density at radius 1 is 1.50 bits per heavy atom. The van der Waals surface area contributed by atoms with E-state index in [1.54, 1.807) is 6.07 Å². The van der Waals surface area contributed by atoms with Gasteiger partial charge in [-0.2, -0.15) is 0 Å². The highest BCUT2D eigenvalue weighted by atomic mass is 35.5. The Morgan fingerprint density at radius 3 is 3.00 bits per heavy atom. The lowest BCUT2D eigenvalue weighted by molar-refractivity contribution is 0.122. The third-order valence-electron chi connectivity index (χ3n) is 2.61. The molecule has 0 spiro atoms. The van der Waals surface area contributed by atoms with E-state index in [0.29, 0.717) is 30.3 Å². The summed E-state index contributed by atoms with van der Waals surface area (Å²) >= 11 is 5.77. The number of benzene rings is 1. The first kappa shape index (κ1) is 11.8. The van der Waals surface area contributed by atoms with Crippen LogP contribution in [0.15, 0.2) is 18.2 Å². The van der Waals surface area contributed by atoms with Gasteiger partial charge < -0.3 is 15.2 Å². The summed E-state index contributed by atoms with van der Waals surface area (Å²) in [7, 11) is 0. The van der Waals surface area contributed by atoms with E-state index < -0.39 is 6.10 Å². The highest BCUT2D eigenvalue weighted by molar-refractivity contribution is 6.30. The Kier molecular flexibility index (Phi) is 3.76. The van der Waals surface area contributed by atoms with Crippen LogP contribution in [0.2, 0.25) is 5.02 Å². The number of ether oxygens (including phenoxy) is 1. The molecule has 1 aliphatic heterocycles. The predicted molar refractivity (Wildman–Crippen MR) is 58.9 cm³/mol. The summed E-state index contributed by atoms with van der Waals surface area (Å²) in [6.07, 6.45) is -0.526. The Morgan fingerprint density at radius 2 is 2.31 bits per heavy atom. The van der Waals surface area contributed by atoms with E-state index in [1.807, 2.05) is 0 Å². The fraction of sp³-hybridized carbons (Fsp3) is 0.455. The van der Waals surface area contributed by atoms with Crippen LogP contribution in [0.25, 0.3) is 0 Å². The van der Waals surface area contributed by atoms with Gasteiger partial charge in [0.25, 0.3) is 0 Å². The third kappa shape index (κ3) is 2.71. The maximum atomic E-state index is 13.3. The van der Waals surface area contributed by atoms with Crippen molar-refractivity contribution in [2.45, 2.75) is 18.7 Å². The lowest BCUT2D eigenvalue weighted by atomic mass is 10.1. The van der Waals surface area contributed by atoms with E-state index >= 15 is 0 Å². The maximum absolute atomic E-state index is 13.3. The van der Waals surface area contributed by atoms with Crippen LogP contribution in [0, 0.1) is 5.82 Å². The first-order valence-corrected chi connectivity index (χ1v) is 5.48. The van der Waals surface area contributed by atoms with Crippen molar-refractivity contribution in [2.24, 2.45) is 0 Å². The number of nitrogens with one attached hydrogen (secondary N) is 1. The summed E-state index contributed by atoms with van der Waals surface area (Å²) in [4.78, 5) is 0. The van der Waals surface area contributed by atoms with Crippen LogP contribution in [0.5, 0.6) is 0 Å². The number of aliphatic hydroxyl groups is 1. The van der Waals surface area contributed by atoms with E-state index in [1.165, 1.54) is 12.1 Å². The fourth-order valence-corrected chi connectivity index (χ4v) is 1.85. The summed E-state index contributed by atoms with van der Waals surface area (Å²) in [6.45, 7) is 1.11. The summed E-state index contributed by atoms with van der Waals surface area (Å²) in [5.74, 6) is -0.301. The lowest BCUT2D eigenvalue weighted by Gasteiger charge is -2.14. The average molecular weight is 246 g/mol. The molecule has 0 saturated carbocycles. The van der Waals surface area contributed by atoms with Crippen molar-refractivity contribution in [1.82, 2.24) is 5.32 Å². The standard InChI is InChI=1S/C11H13ClFNO2/c12-8-1-2-9(13)7(3-8)4-14-10-5-16-6-11(10)15/h1-3,10-11,14-15H,4-6H2. The van der Waals surface area contributed by atoms with Gasteiger partial charge in [-0.15, -0.1) is 0 Å². The van der Waals surface area contributed by atoms with Crippen LogP contribution in [-0.4, -0.2) is 30.5 Å². The molecule has 16 heavy (non-hydrogen) atoms. The number of rotatable bonds is 3. The second kappa shape index (κ2) is 5.10. The van der Waals surface area contributed by atoms with Crippen molar-refractivity contribution in [3.8, 4) is 0 Å². The minimum atomic E-state index is -0.526. The fourth-order valence-electron chi connectivity index (χ4n) is 1.66. The average Bonchev–Trinajstić information content (AvgIpc) is 2.66. The molecule has 1 heterocycles. The van der Waals surface area contributed by atoms with E-state index in [-0.39, 0.29) is 11.9 Å². The van der Waals surface area contributed by atoms with Gasteiger partial charge in [0.15, 0.2) is 0 Å². The van der Waals surface area contributed by atoms with Crippen molar-refractivity contribution >= 4 is 11.6 Å². The highest BCUT2D eigenvalue weighted by Gasteiger charge is 2.25. The zero-order valence-corrected chi connectivity index (χ0v) is 9.38. The van der Waals surface area contributed by atoms with Crippen LogP contribution in [0.3, 0.4) is 0 Å². The molecule has 2 atom stereocenters. The Labute approximate surface area is 98.2 Å². The molecule has 0 amide bonds. The van der Waals surface area contributed by atoms with Gasteiger partial charge in [-0.25, -0.2) is 4.39 Å². The first-order valence-electron chi connectivity index (χ1n) is 5.10. The zero-order chi connectivity index (χ0) is 11.5. The smallest absolute Gasteiger partial charge is 0.127 e. The normalized spacial score (nSPS) is 24.9. The summed E-state index contributed by atoms with van der Waals surface area (Å²) in [6, 6.07) is 4.28. The van der Waals surface area contributed by atoms with E-state index in [2.05, 4.69) is 5.32 Å². The molecule has 2 N–H and O–H groups in total. The Balaban J connectivity index is 1.96. The molecule has 0 aliphatic carbocycles. The molecule has 5 heteroatoms. The topological polar surface area (TPSA) is 41.5 Å². The number of aliphatic hydroxyl groups excluding tert-OH is 1. The van der Waals surface area contributed by atoms with Crippen molar-refractivity contribution in [3.05, 3.63) is 34.6 Å². The molecular weight excluding hydrogens is 233 g/mol. The molecule has 1 aromatic carbocycles. The molecule has 3 nitrogen and oxygen atoms in total. The quantitative estimate of drug-likeness (QED) is 0.844. The van der Waals surface area contributed by atoms with Crippen molar-refractivity contribution < 1.29 is 14.2 Å². The van der Waals surface area contributed by atoms with Gasteiger partial charge in [-0.3, -0.25) is 0 Å². The SMILES string of the molecule is OC1COCC1NCc1cc(Cl)ccc1F. The molecule has 0 radical (unpaired) electrons. The Bertz CT molecular complexity index is 375. The third-order valence-corrected chi connectivity index (χ3v) is 2.85. The van der Waals surface area contributed by atoms with Crippen LogP contribution in [0.1, 0.15) is 5.56 Å². The van der Waals surface area contributed by atoms with Gasteiger partial charge in [0, 0.05) is 17.1 Å². The monoisotopic (exact) mass is 245 g/mol. The van der Waals surface area contributed by atoms with Crippen LogP contribution in [0.4, 0.5) is 4.39 Å². The van der Waals surface area contributed by atoms with Gasteiger partial charge in [-0.1, -0.05) is 11.6 Å². The molecule has 2 unspecified atom stereocenters. The molecule has 0 bridgehead atoms. The molecule has 1 aliphatic rings. The molecule has 2 rings (SSSR count). The van der Waals surface area contributed by atoms with E-state index in [0.717, 1.165) is 0 Å². The van der Waals surface area contributed by atoms with Gasteiger partial charge in [0.1, 0.15) is 5.82 Å². The largest absolute Gasteiger partial charge is 0.389 e. The minimum Gasteiger partial charge on any atom is -0.389 e. The van der Waals surface area contributed by atoms with Crippen LogP contribution < -0.4 is 5.32 Å². The van der Waals surface area contributed by atoms with E-state index in [9.17, 15) is 9.50 Å². The molecule has 1 aromatic rings. The van der Waals surface area contributed by atoms with Crippen LogP contribution in [-0.2, 0) is 11.3 Å². The first-order chi connectivity index (χ1) is 7.66. The second-order valence-electron chi connectivity index (χ2n) is 3.83. The molecular formula is C11H13ClFNO2. The van der Waals surface area contributed by atoms with Crippen molar-refractivity contribution in [1.29, 1.82) is 0 Å². The molecule has 1 fully saturated rings. The number of hydrogen-bond donors (Lipinski definition) is 2. The summed E-state index contributed by atoms with van der Waals surface area (Å²) in [5.41, 5.74) is 0.492. The van der Waals surface area contributed by atoms with Crippen molar-refractivity contribution in [2.75, 3.05) is 13.2 Å².